The van der Waals surface area contributed by atoms with Gasteiger partial charge in [0.2, 0.25) is 5.91 Å². The summed E-state index contributed by atoms with van der Waals surface area (Å²) in [7, 11) is 4.13. The number of nitrogens with one attached hydrogen (secondary N) is 2. The summed E-state index contributed by atoms with van der Waals surface area (Å²) in [6.07, 6.45) is 7.16. The second kappa shape index (κ2) is 10.8. The first-order valence-corrected chi connectivity index (χ1v) is 10.9. The molecule has 0 unspecified atom stereocenters. The Morgan fingerprint density at radius 3 is 2.62 bits per heavy atom. The minimum absolute atomic E-state index is 0.0148. The van der Waals surface area contributed by atoms with Crippen molar-refractivity contribution in [3.05, 3.63) is 76.5 Å². The van der Waals surface area contributed by atoms with E-state index in [4.69, 9.17) is 5.11 Å². The first-order chi connectivity index (χ1) is 15.4. The number of hydrogen-bond donors (Lipinski definition) is 3. The highest BCUT2D eigenvalue weighted by molar-refractivity contribution is 5.93. The van der Waals surface area contributed by atoms with Crippen LogP contribution in [0.4, 0.5) is 0 Å². The molecule has 1 amide bonds. The minimum Gasteiger partial charge on any atom is -0.481 e. The summed E-state index contributed by atoms with van der Waals surface area (Å²) >= 11 is 0. The van der Waals surface area contributed by atoms with Crippen LogP contribution in [0.15, 0.2) is 48.7 Å². The van der Waals surface area contributed by atoms with Gasteiger partial charge in [0.05, 0.1) is 6.42 Å². The van der Waals surface area contributed by atoms with Crippen LogP contribution in [-0.4, -0.2) is 47.5 Å². The Morgan fingerprint density at radius 1 is 1.09 bits per heavy atom. The number of rotatable bonds is 10. The van der Waals surface area contributed by atoms with E-state index in [0.29, 0.717) is 6.54 Å². The number of carbonyl (C=O) groups is 2. The maximum atomic E-state index is 12.3. The van der Waals surface area contributed by atoms with Crippen molar-refractivity contribution in [2.24, 2.45) is 0 Å². The van der Waals surface area contributed by atoms with Crippen molar-refractivity contribution in [1.82, 2.24) is 15.2 Å². The van der Waals surface area contributed by atoms with Crippen LogP contribution < -0.4 is 5.32 Å². The molecule has 1 aromatic heterocycles. The fraction of sp³-hybridized carbons (Fsp3) is 0.308. The van der Waals surface area contributed by atoms with Crippen LogP contribution in [0.3, 0.4) is 0 Å². The summed E-state index contributed by atoms with van der Waals surface area (Å²) in [6, 6.07) is 11.8. The summed E-state index contributed by atoms with van der Waals surface area (Å²) < 4.78 is 0. The highest BCUT2D eigenvalue weighted by atomic mass is 16.4. The van der Waals surface area contributed by atoms with Crippen molar-refractivity contribution in [3.8, 4) is 0 Å². The third-order valence-corrected chi connectivity index (χ3v) is 5.51. The number of carboxylic acid groups (broad SMARTS) is 1. The van der Waals surface area contributed by atoms with Gasteiger partial charge >= 0.3 is 5.97 Å². The Morgan fingerprint density at radius 2 is 1.91 bits per heavy atom. The number of carbonyl (C=O) groups excluding carboxylic acids is 1. The lowest BCUT2D eigenvalue weighted by molar-refractivity contribution is -0.136. The molecule has 0 aliphatic carbocycles. The standard InChI is InChI=1S/C26H31N3O3/c1-4-20-13-19(5-8-21(20)15-26(31)32)16-28-25(30)10-7-18-6-9-24-23(14-18)22(17-27-24)11-12-29(2)3/h5-10,13-14,17,27H,4,11-12,15-16H2,1-3H3,(H,28,30)(H,31,32). The maximum Gasteiger partial charge on any atom is 0.307 e. The van der Waals surface area contributed by atoms with Crippen molar-refractivity contribution in [3.63, 3.8) is 0 Å². The van der Waals surface area contributed by atoms with E-state index in [2.05, 4.69) is 41.6 Å². The van der Waals surface area contributed by atoms with Crippen LogP contribution in [0.5, 0.6) is 0 Å². The van der Waals surface area contributed by atoms with Gasteiger partial charge in [0, 0.05) is 36.3 Å². The summed E-state index contributed by atoms with van der Waals surface area (Å²) in [6.45, 7) is 3.38. The van der Waals surface area contributed by atoms with E-state index in [9.17, 15) is 9.59 Å². The highest BCUT2D eigenvalue weighted by Gasteiger charge is 2.08. The molecule has 1 heterocycles. The average molecular weight is 434 g/mol. The third-order valence-electron chi connectivity index (χ3n) is 5.51. The molecule has 0 spiro atoms. The molecule has 0 aliphatic heterocycles. The molecular formula is C26H31N3O3. The molecular weight excluding hydrogens is 402 g/mol. The number of hydrogen-bond acceptors (Lipinski definition) is 3. The number of likely N-dealkylation sites (N-methyl/N-ethyl adjacent to an activating group) is 1. The number of aromatic nitrogens is 1. The molecule has 3 aromatic rings. The van der Waals surface area contributed by atoms with Gasteiger partial charge in [0.25, 0.3) is 0 Å². The fourth-order valence-electron chi connectivity index (χ4n) is 3.72. The van der Waals surface area contributed by atoms with Gasteiger partial charge < -0.3 is 20.3 Å². The second-order valence-corrected chi connectivity index (χ2v) is 8.25. The van der Waals surface area contributed by atoms with E-state index in [1.54, 1.807) is 6.08 Å². The molecule has 0 aliphatic rings. The van der Waals surface area contributed by atoms with E-state index in [1.807, 2.05) is 43.3 Å². The fourth-order valence-corrected chi connectivity index (χ4v) is 3.72. The molecule has 6 nitrogen and oxygen atoms in total. The Hall–Kier alpha value is -3.38. The molecule has 0 fully saturated rings. The van der Waals surface area contributed by atoms with Gasteiger partial charge in [0.1, 0.15) is 0 Å². The van der Waals surface area contributed by atoms with Gasteiger partial charge in [-0.3, -0.25) is 9.59 Å². The second-order valence-electron chi connectivity index (χ2n) is 8.25. The van der Waals surface area contributed by atoms with Crippen LogP contribution in [0.25, 0.3) is 17.0 Å². The summed E-state index contributed by atoms with van der Waals surface area (Å²) in [4.78, 5) is 28.8. The Labute approximate surface area is 188 Å². The van der Waals surface area contributed by atoms with Crippen molar-refractivity contribution in [2.45, 2.75) is 32.7 Å². The number of benzene rings is 2. The maximum absolute atomic E-state index is 12.3. The minimum atomic E-state index is -0.839. The topological polar surface area (TPSA) is 85.4 Å². The van der Waals surface area contributed by atoms with Gasteiger partial charge in [0.15, 0.2) is 0 Å². The summed E-state index contributed by atoms with van der Waals surface area (Å²) in [5, 5.41) is 13.1. The number of amides is 1. The van der Waals surface area contributed by atoms with Crippen molar-refractivity contribution in [2.75, 3.05) is 20.6 Å². The average Bonchev–Trinajstić information content (AvgIpc) is 3.17. The van der Waals surface area contributed by atoms with Gasteiger partial charge in [-0.2, -0.15) is 0 Å². The van der Waals surface area contributed by atoms with Gasteiger partial charge in [-0.05, 0) is 73.0 Å². The zero-order valence-electron chi connectivity index (χ0n) is 18.9. The van der Waals surface area contributed by atoms with Crippen molar-refractivity contribution >= 4 is 28.9 Å². The van der Waals surface area contributed by atoms with Gasteiger partial charge in [-0.25, -0.2) is 0 Å². The Balaban J connectivity index is 1.62. The van der Waals surface area contributed by atoms with Crippen molar-refractivity contribution < 1.29 is 14.7 Å². The van der Waals surface area contributed by atoms with Crippen LogP contribution in [0, 0.1) is 0 Å². The molecule has 168 valence electrons. The van der Waals surface area contributed by atoms with E-state index < -0.39 is 5.97 Å². The van der Waals surface area contributed by atoms with E-state index in [1.165, 1.54) is 10.9 Å². The van der Waals surface area contributed by atoms with Gasteiger partial charge in [-0.1, -0.05) is 31.2 Å². The molecule has 3 rings (SSSR count). The molecule has 3 N–H and O–H groups in total. The van der Waals surface area contributed by atoms with Crippen LogP contribution in [0.2, 0.25) is 0 Å². The first-order valence-electron chi connectivity index (χ1n) is 10.9. The van der Waals surface area contributed by atoms with Crippen LogP contribution in [-0.2, 0) is 35.4 Å². The number of H-pyrrole nitrogens is 1. The quantitative estimate of drug-likeness (QED) is 0.425. The number of carboxylic acids is 1. The monoisotopic (exact) mass is 433 g/mol. The van der Waals surface area contributed by atoms with Crippen LogP contribution in [0.1, 0.15) is 34.7 Å². The number of fused-ring (bicyclic) bond motifs is 1. The Bertz CT molecular complexity index is 1130. The van der Waals surface area contributed by atoms with E-state index >= 15 is 0 Å². The predicted molar refractivity (Wildman–Crippen MR) is 129 cm³/mol. The lowest BCUT2D eigenvalue weighted by Gasteiger charge is -2.09. The van der Waals surface area contributed by atoms with Crippen LogP contribution >= 0.6 is 0 Å². The SMILES string of the molecule is CCc1cc(CNC(=O)C=Cc2ccc3[nH]cc(CCN(C)C)c3c2)ccc1CC(=O)O. The van der Waals surface area contributed by atoms with Crippen molar-refractivity contribution in [1.29, 1.82) is 0 Å². The summed E-state index contributed by atoms with van der Waals surface area (Å²) in [5.41, 5.74) is 6.12. The lowest BCUT2D eigenvalue weighted by Crippen LogP contribution is -2.20. The molecule has 32 heavy (non-hydrogen) atoms. The molecule has 6 heteroatoms. The summed E-state index contributed by atoms with van der Waals surface area (Å²) in [5.74, 6) is -1.01. The highest BCUT2D eigenvalue weighted by Crippen LogP contribution is 2.21. The smallest absolute Gasteiger partial charge is 0.307 e. The zero-order valence-corrected chi connectivity index (χ0v) is 18.9. The molecule has 0 bridgehead atoms. The lowest BCUT2D eigenvalue weighted by atomic mass is 9.99. The molecule has 0 saturated carbocycles. The van der Waals surface area contributed by atoms with E-state index in [0.717, 1.165) is 47.2 Å². The molecule has 0 radical (unpaired) electrons. The normalized spacial score (nSPS) is 11.5. The molecule has 2 aromatic carbocycles. The Kier molecular flexibility index (Phi) is 7.84. The molecule has 0 saturated heterocycles. The number of aryl methyl sites for hydroxylation is 1. The van der Waals surface area contributed by atoms with Gasteiger partial charge in [-0.15, -0.1) is 0 Å². The van der Waals surface area contributed by atoms with E-state index in [-0.39, 0.29) is 12.3 Å². The number of aromatic amines is 1. The zero-order chi connectivity index (χ0) is 23.1. The predicted octanol–water partition coefficient (Wildman–Crippen LogP) is 3.79. The number of nitrogens with zero attached hydrogens (tertiary/aromatic N) is 1. The first kappa shape index (κ1) is 23.3. The number of aliphatic carboxylic acids is 1. The largest absolute Gasteiger partial charge is 0.481 e. The molecule has 0 atom stereocenters. The third kappa shape index (κ3) is 6.31.